The molecule has 0 saturated carbocycles. The van der Waals surface area contributed by atoms with E-state index in [9.17, 15) is 17.6 Å². The number of nitrogens with zero attached hydrogens (tertiary/aromatic N) is 1. The fourth-order valence-electron chi connectivity index (χ4n) is 3.25. The van der Waals surface area contributed by atoms with E-state index in [0.29, 0.717) is 22.3 Å². The Morgan fingerprint density at radius 3 is 2.43 bits per heavy atom. The highest BCUT2D eigenvalue weighted by molar-refractivity contribution is 7.89. The van der Waals surface area contributed by atoms with Crippen molar-refractivity contribution in [3.63, 3.8) is 0 Å². The minimum atomic E-state index is -3.82. The SMILES string of the molecule is C[C@H](NS(=O)(=O)c1ccc2c(c1)sc(=O)n2Cc1ccccc1)c1ccc(F)cc1. The third-order valence-corrected chi connectivity index (χ3v) is 7.32. The van der Waals surface area contributed by atoms with E-state index in [-0.39, 0.29) is 15.6 Å². The normalized spacial score (nSPS) is 12.9. The Hall–Kier alpha value is -2.81. The van der Waals surface area contributed by atoms with Crippen molar-refractivity contribution in [2.24, 2.45) is 0 Å². The molecule has 1 N–H and O–H groups in total. The Balaban J connectivity index is 1.63. The van der Waals surface area contributed by atoms with Crippen LogP contribution in [0.2, 0.25) is 0 Å². The van der Waals surface area contributed by atoms with Crippen molar-refractivity contribution < 1.29 is 12.8 Å². The second-order valence-electron chi connectivity index (χ2n) is 6.96. The quantitative estimate of drug-likeness (QED) is 0.484. The van der Waals surface area contributed by atoms with E-state index in [1.165, 1.54) is 24.3 Å². The van der Waals surface area contributed by atoms with Crippen molar-refractivity contribution in [3.05, 3.63) is 99.4 Å². The summed E-state index contributed by atoms with van der Waals surface area (Å²) in [5, 5.41) is 0. The number of hydrogen-bond acceptors (Lipinski definition) is 4. The zero-order valence-corrected chi connectivity index (χ0v) is 17.7. The Labute approximate surface area is 177 Å². The zero-order valence-electron chi connectivity index (χ0n) is 16.1. The first-order chi connectivity index (χ1) is 14.3. The number of nitrogens with one attached hydrogen (secondary N) is 1. The number of rotatable bonds is 6. The van der Waals surface area contributed by atoms with Crippen LogP contribution in [0, 0.1) is 5.82 Å². The average Bonchev–Trinajstić information content (AvgIpc) is 3.03. The van der Waals surface area contributed by atoms with E-state index >= 15 is 0 Å². The lowest BCUT2D eigenvalue weighted by Crippen LogP contribution is -2.26. The molecule has 8 heteroatoms. The summed E-state index contributed by atoms with van der Waals surface area (Å²) in [4.78, 5) is 12.4. The van der Waals surface area contributed by atoms with E-state index in [4.69, 9.17) is 0 Å². The van der Waals surface area contributed by atoms with Crippen molar-refractivity contribution >= 4 is 31.6 Å². The summed E-state index contributed by atoms with van der Waals surface area (Å²) in [6.07, 6.45) is 0. The minimum Gasteiger partial charge on any atom is -0.294 e. The maximum atomic E-state index is 13.1. The molecule has 1 heterocycles. The minimum absolute atomic E-state index is 0.0806. The molecule has 0 radical (unpaired) electrons. The summed E-state index contributed by atoms with van der Waals surface area (Å²) in [6.45, 7) is 2.11. The third kappa shape index (κ3) is 4.21. The monoisotopic (exact) mass is 442 g/mol. The van der Waals surface area contributed by atoms with Crippen molar-refractivity contribution in [1.29, 1.82) is 0 Å². The van der Waals surface area contributed by atoms with E-state index in [1.54, 1.807) is 29.7 Å². The molecule has 1 aromatic heterocycles. The van der Waals surface area contributed by atoms with Gasteiger partial charge in [0.25, 0.3) is 0 Å². The van der Waals surface area contributed by atoms with Crippen LogP contribution < -0.4 is 9.60 Å². The Kier molecular flexibility index (Phi) is 5.55. The zero-order chi connectivity index (χ0) is 21.3. The average molecular weight is 443 g/mol. The van der Waals surface area contributed by atoms with Crippen LogP contribution in [0.15, 0.2) is 82.5 Å². The predicted octanol–water partition coefficient (Wildman–Crippen LogP) is 4.29. The number of benzene rings is 3. The molecule has 30 heavy (non-hydrogen) atoms. The number of hydrogen-bond donors (Lipinski definition) is 1. The molecule has 0 saturated heterocycles. The molecule has 5 nitrogen and oxygen atoms in total. The summed E-state index contributed by atoms with van der Waals surface area (Å²) in [5.74, 6) is -0.380. The molecule has 0 spiro atoms. The molecule has 0 aliphatic carbocycles. The molecule has 0 aliphatic rings. The van der Waals surface area contributed by atoms with Crippen molar-refractivity contribution in [2.75, 3.05) is 0 Å². The van der Waals surface area contributed by atoms with E-state index in [2.05, 4.69) is 4.72 Å². The van der Waals surface area contributed by atoms with Crippen LogP contribution >= 0.6 is 11.3 Å². The fraction of sp³-hybridized carbons (Fsp3) is 0.136. The lowest BCUT2D eigenvalue weighted by atomic mass is 10.1. The summed E-state index contributed by atoms with van der Waals surface area (Å²) in [7, 11) is -3.82. The second-order valence-corrected chi connectivity index (χ2v) is 9.67. The topological polar surface area (TPSA) is 68.2 Å². The Bertz CT molecular complexity index is 1340. The molecule has 154 valence electrons. The van der Waals surface area contributed by atoms with Gasteiger partial charge in [-0.15, -0.1) is 0 Å². The highest BCUT2D eigenvalue weighted by Gasteiger charge is 2.20. The molecule has 0 aliphatic heterocycles. The van der Waals surface area contributed by atoms with Crippen LogP contribution in [-0.4, -0.2) is 13.0 Å². The van der Waals surface area contributed by atoms with Crippen LogP contribution in [0.5, 0.6) is 0 Å². The fourth-order valence-corrected chi connectivity index (χ4v) is 5.51. The van der Waals surface area contributed by atoms with E-state index in [0.717, 1.165) is 16.9 Å². The first kappa shape index (κ1) is 20.5. The van der Waals surface area contributed by atoms with Crippen molar-refractivity contribution in [1.82, 2.24) is 9.29 Å². The van der Waals surface area contributed by atoms with Crippen LogP contribution in [0.4, 0.5) is 4.39 Å². The van der Waals surface area contributed by atoms with Gasteiger partial charge in [-0.25, -0.2) is 17.5 Å². The maximum Gasteiger partial charge on any atom is 0.308 e. The number of halogens is 1. The largest absolute Gasteiger partial charge is 0.308 e. The molecule has 0 amide bonds. The van der Waals surface area contributed by atoms with E-state index in [1.807, 2.05) is 30.3 Å². The Morgan fingerprint density at radius 1 is 1.03 bits per heavy atom. The second kappa shape index (κ2) is 8.14. The summed E-state index contributed by atoms with van der Waals surface area (Å²) < 4.78 is 43.6. The lowest BCUT2D eigenvalue weighted by Gasteiger charge is -2.15. The van der Waals surface area contributed by atoms with Crippen LogP contribution in [-0.2, 0) is 16.6 Å². The first-order valence-corrected chi connectivity index (χ1v) is 11.6. The number of aromatic nitrogens is 1. The predicted molar refractivity (Wildman–Crippen MR) is 117 cm³/mol. The van der Waals surface area contributed by atoms with Gasteiger partial charge in [0.1, 0.15) is 5.82 Å². The molecule has 4 aromatic rings. The Morgan fingerprint density at radius 2 is 1.73 bits per heavy atom. The molecular formula is C22H19FN2O3S2. The third-order valence-electron chi connectivity index (χ3n) is 4.84. The highest BCUT2D eigenvalue weighted by Crippen LogP contribution is 2.24. The summed E-state index contributed by atoms with van der Waals surface area (Å²) >= 11 is 1.02. The van der Waals surface area contributed by atoms with Crippen molar-refractivity contribution in [2.45, 2.75) is 24.4 Å². The van der Waals surface area contributed by atoms with Gasteiger partial charge >= 0.3 is 4.87 Å². The summed E-state index contributed by atoms with van der Waals surface area (Å²) in [6, 6.07) is 19.4. The molecule has 0 unspecified atom stereocenters. The van der Waals surface area contributed by atoms with Gasteiger partial charge in [0.15, 0.2) is 0 Å². The maximum absolute atomic E-state index is 13.1. The van der Waals surface area contributed by atoms with Gasteiger partial charge in [-0.1, -0.05) is 53.8 Å². The van der Waals surface area contributed by atoms with Crippen LogP contribution in [0.25, 0.3) is 10.2 Å². The van der Waals surface area contributed by atoms with E-state index < -0.39 is 16.1 Å². The van der Waals surface area contributed by atoms with Gasteiger partial charge < -0.3 is 0 Å². The highest BCUT2D eigenvalue weighted by atomic mass is 32.2. The van der Waals surface area contributed by atoms with Gasteiger partial charge in [-0.3, -0.25) is 9.36 Å². The number of fused-ring (bicyclic) bond motifs is 1. The molecule has 0 fully saturated rings. The standard InChI is InChI=1S/C22H19FN2O3S2/c1-15(17-7-9-18(23)10-8-17)24-30(27,28)19-11-12-20-21(13-19)29-22(26)25(20)14-16-5-3-2-4-6-16/h2-13,15,24H,14H2,1H3/t15-/m0/s1. The number of sulfonamides is 1. The van der Waals surface area contributed by atoms with Gasteiger partial charge in [-0.05, 0) is 48.4 Å². The van der Waals surface area contributed by atoms with Crippen LogP contribution in [0.1, 0.15) is 24.1 Å². The van der Waals surface area contributed by atoms with Gasteiger partial charge in [0.2, 0.25) is 10.0 Å². The lowest BCUT2D eigenvalue weighted by molar-refractivity contribution is 0.566. The smallest absolute Gasteiger partial charge is 0.294 e. The molecule has 1 atom stereocenters. The summed E-state index contributed by atoms with van der Waals surface area (Å²) in [5.41, 5.74) is 2.34. The van der Waals surface area contributed by atoms with Gasteiger partial charge in [0, 0.05) is 6.04 Å². The number of thiazole rings is 1. The molecule has 4 rings (SSSR count). The molecular weight excluding hydrogens is 423 g/mol. The first-order valence-electron chi connectivity index (χ1n) is 9.28. The van der Waals surface area contributed by atoms with Crippen molar-refractivity contribution in [3.8, 4) is 0 Å². The van der Waals surface area contributed by atoms with Gasteiger partial charge in [0.05, 0.1) is 21.7 Å². The van der Waals surface area contributed by atoms with Crippen LogP contribution in [0.3, 0.4) is 0 Å². The molecule has 3 aromatic carbocycles. The van der Waals surface area contributed by atoms with Gasteiger partial charge in [-0.2, -0.15) is 0 Å². The molecule has 0 bridgehead atoms.